The Kier molecular flexibility index (Phi) is 4.99. The average Bonchev–Trinajstić information content (AvgIpc) is 2.65. The average molecular weight is 405 g/mol. The van der Waals surface area contributed by atoms with Gasteiger partial charge in [-0.1, -0.05) is 15.9 Å². The lowest BCUT2D eigenvalue weighted by Crippen LogP contribution is -2.21. The quantitative estimate of drug-likeness (QED) is 0.837. The van der Waals surface area contributed by atoms with Crippen LogP contribution in [-0.2, 0) is 13.5 Å². The van der Waals surface area contributed by atoms with Crippen molar-refractivity contribution in [3.8, 4) is 0 Å². The summed E-state index contributed by atoms with van der Waals surface area (Å²) in [5.41, 5.74) is 2.63. The van der Waals surface area contributed by atoms with E-state index in [0.29, 0.717) is 12.0 Å². The van der Waals surface area contributed by atoms with Gasteiger partial charge in [-0.05, 0) is 48.1 Å². The van der Waals surface area contributed by atoms with E-state index in [0.717, 1.165) is 20.3 Å². The van der Waals surface area contributed by atoms with Gasteiger partial charge in [0.15, 0.2) is 0 Å². The monoisotopic (exact) mass is 403 g/mol. The number of hydrogen-bond acceptors (Lipinski definition) is 2. The maximum atomic E-state index is 14.0. The summed E-state index contributed by atoms with van der Waals surface area (Å²) >= 11 is 6.94. The molecule has 0 radical (unpaired) electrons. The first-order valence-corrected chi connectivity index (χ1v) is 7.82. The van der Waals surface area contributed by atoms with Gasteiger partial charge in [-0.3, -0.25) is 4.68 Å². The fraction of sp³-hybridized carbons (Fsp3) is 0.357. The molecule has 0 spiro atoms. The number of halogens is 3. The van der Waals surface area contributed by atoms with Crippen molar-refractivity contribution in [1.29, 1.82) is 0 Å². The highest BCUT2D eigenvalue weighted by atomic mass is 79.9. The van der Waals surface area contributed by atoms with Gasteiger partial charge in [0.2, 0.25) is 0 Å². The van der Waals surface area contributed by atoms with Gasteiger partial charge >= 0.3 is 0 Å². The first-order valence-electron chi connectivity index (χ1n) is 6.24. The summed E-state index contributed by atoms with van der Waals surface area (Å²) in [6.45, 7) is 1.95. The van der Waals surface area contributed by atoms with Crippen LogP contribution in [-0.4, -0.2) is 16.8 Å². The number of hydrogen-bond donors (Lipinski definition) is 1. The second-order valence-electron chi connectivity index (χ2n) is 4.68. The number of nitrogens with zero attached hydrogens (tertiary/aromatic N) is 2. The molecule has 1 aromatic heterocycles. The smallest absolute Gasteiger partial charge is 0.128 e. The van der Waals surface area contributed by atoms with Crippen LogP contribution in [0.15, 0.2) is 27.1 Å². The van der Waals surface area contributed by atoms with Gasteiger partial charge < -0.3 is 5.32 Å². The third kappa shape index (κ3) is 3.13. The lowest BCUT2D eigenvalue weighted by Gasteiger charge is -2.18. The molecular weight excluding hydrogens is 389 g/mol. The minimum Gasteiger partial charge on any atom is -0.313 e. The van der Waals surface area contributed by atoms with Crippen molar-refractivity contribution in [3.63, 3.8) is 0 Å². The maximum Gasteiger partial charge on any atom is 0.128 e. The van der Waals surface area contributed by atoms with Gasteiger partial charge in [0.1, 0.15) is 5.82 Å². The molecule has 0 saturated heterocycles. The van der Waals surface area contributed by atoms with Crippen LogP contribution in [0.25, 0.3) is 0 Å². The number of aromatic nitrogens is 2. The summed E-state index contributed by atoms with van der Waals surface area (Å²) in [4.78, 5) is 0. The van der Waals surface area contributed by atoms with Gasteiger partial charge in [0, 0.05) is 29.5 Å². The van der Waals surface area contributed by atoms with Gasteiger partial charge in [-0.2, -0.15) is 5.10 Å². The van der Waals surface area contributed by atoms with E-state index in [4.69, 9.17) is 0 Å². The molecule has 0 fully saturated rings. The van der Waals surface area contributed by atoms with Gasteiger partial charge in [0.25, 0.3) is 0 Å². The van der Waals surface area contributed by atoms with E-state index < -0.39 is 0 Å². The molecule has 6 heteroatoms. The predicted molar refractivity (Wildman–Crippen MR) is 85.2 cm³/mol. The molecule has 1 heterocycles. The van der Waals surface area contributed by atoms with Crippen molar-refractivity contribution in [3.05, 3.63) is 49.9 Å². The normalized spacial score (nSPS) is 12.7. The van der Waals surface area contributed by atoms with E-state index in [1.807, 2.05) is 31.8 Å². The third-order valence-corrected chi connectivity index (χ3v) is 4.87. The molecule has 0 bridgehead atoms. The predicted octanol–water partition coefficient (Wildman–Crippen LogP) is 3.90. The van der Waals surface area contributed by atoms with E-state index in [-0.39, 0.29) is 11.9 Å². The molecule has 3 nitrogen and oxygen atoms in total. The Morgan fingerprint density at radius 1 is 1.40 bits per heavy atom. The van der Waals surface area contributed by atoms with Crippen LogP contribution < -0.4 is 5.32 Å². The van der Waals surface area contributed by atoms with Gasteiger partial charge in [0.05, 0.1) is 15.9 Å². The van der Waals surface area contributed by atoms with Crippen LogP contribution in [0, 0.1) is 12.7 Å². The summed E-state index contributed by atoms with van der Waals surface area (Å²) in [5.74, 6) is -0.206. The number of nitrogens with one attached hydrogen (secondary N) is 1. The lowest BCUT2D eigenvalue weighted by atomic mass is 10.0. The van der Waals surface area contributed by atoms with Gasteiger partial charge in [-0.25, -0.2) is 4.39 Å². The van der Waals surface area contributed by atoms with E-state index in [1.165, 1.54) is 6.07 Å². The summed E-state index contributed by atoms with van der Waals surface area (Å²) in [6, 6.07) is 4.88. The molecular formula is C14H16Br2FN3. The van der Waals surface area contributed by atoms with Crippen LogP contribution in [0.2, 0.25) is 0 Å². The number of rotatable bonds is 4. The highest BCUT2D eigenvalue weighted by molar-refractivity contribution is 9.10. The molecule has 1 aromatic carbocycles. The van der Waals surface area contributed by atoms with Crippen molar-refractivity contribution < 1.29 is 4.39 Å². The third-order valence-electron chi connectivity index (χ3n) is 3.34. The fourth-order valence-corrected chi connectivity index (χ4v) is 3.12. The second-order valence-corrected chi connectivity index (χ2v) is 6.39. The second kappa shape index (κ2) is 6.37. The van der Waals surface area contributed by atoms with Crippen molar-refractivity contribution in [2.75, 3.05) is 7.05 Å². The largest absolute Gasteiger partial charge is 0.313 e. The van der Waals surface area contributed by atoms with Crippen molar-refractivity contribution in [2.24, 2.45) is 7.05 Å². The molecule has 2 rings (SSSR count). The molecule has 0 amide bonds. The highest BCUT2D eigenvalue weighted by Crippen LogP contribution is 2.28. The van der Waals surface area contributed by atoms with Crippen LogP contribution in [0.4, 0.5) is 4.39 Å². The van der Waals surface area contributed by atoms with E-state index in [2.05, 4.69) is 42.3 Å². The Hall–Kier alpha value is -0.720. The minimum absolute atomic E-state index is 0.112. The van der Waals surface area contributed by atoms with Crippen molar-refractivity contribution in [2.45, 2.75) is 19.4 Å². The lowest BCUT2D eigenvalue weighted by molar-refractivity contribution is 0.518. The Labute approximate surface area is 134 Å². The summed E-state index contributed by atoms with van der Waals surface area (Å²) in [5, 5.41) is 7.55. The topological polar surface area (TPSA) is 29.9 Å². The zero-order valence-corrected chi connectivity index (χ0v) is 14.7. The first kappa shape index (κ1) is 15.7. The van der Waals surface area contributed by atoms with Crippen molar-refractivity contribution >= 4 is 31.9 Å². The Morgan fingerprint density at radius 3 is 2.65 bits per heavy atom. The molecule has 0 aliphatic rings. The number of benzene rings is 1. The summed E-state index contributed by atoms with van der Waals surface area (Å²) in [7, 11) is 3.74. The SMILES string of the molecule is CNC(Cc1c(Br)c(C)nn1C)c1cc(Br)ccc1F. The standard InChI is InChI=1S/C14H16Br2FN3/c1-8-14(16)13(20(3)19-8)7-12(18-2)10-6-9(15)4-5-11(10)17/h4-6,12,18H,7H2,1-3H3. The van der Waals surface area contributed by atoms with Crippen LogP contribution >= 0.6 is 31.9 Å². The molecule has 1 unspecified atom stereocenters. The molecule has 2 aromatic rings. The van der Waals surface area contributed by atoms with E-state index in [1.54, 1.807) is 6.07 Å². The molecule has 108 valence electrons. The van der Waals surface area contributed by atoms with Crippen LogP contribution in [0.1, 0.15) is 23.0 Å². The van der Waals surface area contributed by atoms with Crippen LogP contribution in [0.5, 0.6) is 0 Å². The molecule has 0 saturated carbocycles. The van der Waals surface area contributed by atoms with E-state index in [9.17, 15) is 4.39 Å². The molecule has 20 heavy (non-hydrogen) atoms. The Balaban J connectivity index is 2.36. The van der Waals surface area contributed by atoms with Crippen LogP contribution in [0.3, 0.4) is 0 Å². The minimum atomic E-state index is -0.206. The van der Waals surface area contributed by atoms with E-state index >= 15 is 0 Å². The summed E-state index contributed by atoms with van der Waals surface area (Å²) in [6.07, 6.45) is 0.655. The highest BCUT2D eigenvalue weighted by Gasteiger charge is 2.19. The maximum absolute atomic E-state index is 14.0. The number of aryl methyl sites for hydroxylation is 2. The molecule has 1 atom stereocenters. The Bertz CT molecular complexity index is 625. The zero-order chi connectivity index (χ0) is 14.9. The molecule has 0 aliphatic heterocycles. The first-order chi connectivity index (χ1) is 9.43. The van der Waals surface area contributed by atoms with Crippen molar-refractivity contribution in [1.82, 2.24) is 15.1 Å². The molecule has 0 aliphatic carbocycles. The fourth-order valence-electron chi connectivity index (χ4n) is 2.24. The summed E-state index contributed by atoms with van der Waals surface area (Å²) < 4.78 is 17.7. The molecule has 1 N–H and O–H groups in total. The Morgan fingerprint density at radius 2 is 2.10 bits per heavy atom. The van der Waals surface area contributed by atoms with Gasteiger partial charge in [-0.15, -0.1) is 0 Å². The number of likely N-dealkylation sites (N-methyl/N-ethyl adjacent to an activating group) is 1. The zero-order valence-electron chi connectivity index (χ0n) is 11.5.